The lowest BCUT2D eigenvalue weighted by molar-refractivity contribution is -0.163. The van der Waals surface area contributed by atoms with E-state index in [0.717, 1.165) is 0 Å². The molecule has 0 aromatic rings. The lowest BCUT2D eigenvalue weighted by Gasteiger charge is -2.33. The molecule has 0 aliphatic carbocycles. The molecule has 6 heteroatoms. The lowest BCUT2D eigenvalue weighted by Crippen LogP contribution is -2.54. The van der Waals surface area contributed by atoms with E-state index < -0.39 is 12.0 Å². The van der Waals surface area contributed by atoms with Crippen LogP contribution in [0, 0.1) is 0 Å². The van der Waals surface area contributed by atoms with Crippen LogP contribution in [0.3, 0.4) is 0 Å². The third kappa shape index (κ3) is 1.11. The summed E-state index contributed by atoms with van der Waals surface area (Å²) in [6.45, 7) is 0. The van der Waals surface area contributed by atoms with Gasteiger partial charge in [0, 0.05) is 4.08 Å². The van der Waals surface area contributed by atoms with Gasteiger partial charge in [0.15, 0.2) is 12.3 Å². The summed E-state index contributed by atoms with van der Waals surface area (Å²) in [5.41, 5.74) is 0. The normalized spacial score (nSPS) is 34.1. The zero-order valence-electron chi connectivity index (χ0n) is 6.44. The molecule has 0 saturated carbocycles. The molecule has 0 spiro atoms. The summed E-state index contributed by atoms with van der Waals surface area (Å²) in [4.78, 5) is 23.1. The van der Waals surface area contributed by atoms with Crippen molar-refractivity contribution in [3.8, 4) is 0 Å². The Morgan fingerprint density at radius 3 is 2.92 bits per heavy atom. The highest BCUT2D eigenvalue weighted by atomic mass is 127. The molecule has 2 unspecified atom stereocenters. The molecule has 70 valence electrons. The second kappa shape index (κ2) is 2.86. The van der Waals surface area contributed by atoms with Crippen molar-refractivity contribution in [1.82, 2.24) is 4.90 Å². The van der Waals surface area contributed by atoms with Gasteiger partial charge in [-0.1, -0.05) is 0 Å². The van der Waals surface area contributed by atoms with Crippen molar-refractivity contribution in [2.75, 3.05) is 0 Å². The highest BCUT2D eigenvalue weighted by molar-refractivity contribution is 14.1. The quantitative estimate of drug-likeness (QED) is 0.558. The molecule has 0 bridgehead atoms. The summed E-state index contributed by atoms with van der Waals surface area (Å²) >= 11 is 1.90. The molecule has 1 amide bonds. The average Bonchev–Trinajstić information content (AvgIpc) is 2.37. The number of carbonyl (C=O) groups excluding carboxylic acids is 1. The van der Waals surface area contributed by atoms with Crippen LogP contribution < -0.4 is 0 Å². The molecule has 13 heavy (non-hydrogen) atoms. The minimum absolute atomic E-state index is 0.161. The van der Waals surface area contributed by atoms with Gasteiger partial charge < -0.3 is 9.84 Å². The van der Waals surface area contributed by atoms with Gasteiger partial charge in [0.2, 0.25) is 5.91 Å². The molecule has 0 aromatic heterocycles. The van der Waals surface area contributed by atoms with Crippen LogP contribution in [0.1, 0.15) is 6.42 Å². The van der Waals surface area contributed by atoms with Crippen molar-refractivity contribution in [3.05, 3.63) is 9.84 Å². The number of carboxylic acids is 1. The van der Waals surface area contributed by atoms with Crippen molar-refractivity contribution in [1.29, 1.82) is 0 Å². The molecule has 2 rings (SSSR count). The van der Waals surface area contributed by atoms with Gasteiger partial charge in [0.05, 0.1) is 6.42 Å². The Morgan fingerprint density at radius 2 is 2.46 bits per heavy atom. The zero-order chi connectivity index (χ0) is 9.59. The van der Waals surface area contributed by atoms with Gasteiger partial charge in [-0.25, -0.2) is 4.79 Å². The molecule has 0 aromatic carbocycles. The topological polar surface area (TPSA) is 66.8 Å². The molecule has 1 N–H and O–H groups in total. The molecule has 2 aliphatic rings. The number of halogens is 1. The van der Waals surface area contributed by atoms with Crippen molar-refractivity contribution >= 4 is 34.5 Å². The summed E-state index contributed by atoms with van der Waals surface area (Å²) in [5, 5.41) is 8.84. The fourth-order valence-electron chi connectivity index (χ4n) is 1.49. The number of carboxylic acid groups (broad SMARTS) is 1. The predicted octanol–water partition coefficient (Wildman–Crippen LogP) is 0.305. The Bertz CT molecular complexity index is 314. The van der Waals surface area contributed by atoms with E-state index in [0.29, 0.717) is 5.76 Å². The first-order chi connectivity index (χ1) is 6.15. The summed E-state index contributed by atoms with van der Waals surface area (Å²) in [5.74, 6) is -0.854. The third-order valence-electron chi connectivity index (χ3n) is 2.11. The SMILES string of the molecule is O=C(O)C1/C(=C/I)OC2CC(=O)N21. The van der Waals surface area contributed by atoms with Crippen molar-refractivity contribution in [2.45, 2.75) is 18.7 Å². The second-order valence-electron chi connectivity index (χ2n) is 2.83. The summed E-state index contributed by atoms with van der Waals surface area (Å²) < 4.78 is 6.79. The number of rotatable bonds is 1. The number of carbonyl (C=O) groups is 2. The molecule has 2 saturated heterocycles. The van der Waals surface area contributed by atoms with Crippen LogP contribution in [-0.4, -0.2) is 34.2 Å². The monoisotopic (exact) mass is 295 g/mol. The first kappa shape index (κ1) is 8.79. The molecule has 2 heterocycles. The first-order valence-electron chi connectivity index (χ1n) is 3.66. The second-order valence-corrected chi connectivity index (χ2v) is 3.45. The minimum atomic E-state index is -1.04. The van der Waals surface area contributed by atoms with Crippen molar-refractivity contribution in [3.63, 3.8) is 0 Å². The first-order valence-corrected chi connectivity index (χ1v) is 4.90. The van der Waals surface area contributed by atoms with Gasteiger partial charge in [-0.2, -0.15) is 0 Å². The lowest BCUT2D eigenvalue weighted by atomic mass is 10.1. The summed E-state index contributed by atoms with van der Waals surface area (Å²) in [6.07, 6.45) is -0.0628. The Kier molecular flexibility index (Phi) is 1.94. The highest BCUT2D eigenvalue weighted by Crippen LogP contribution is 2.36. The molecule has 2 aliphatic heterocycles. The molecule has 0 radical (unpaired) electrons. The average molecular weight is 295 g/mol. The molecule has 2 fully saturated rings. The molecule has 5 nitrogen and oxygen atoms in total. The highest BCUT2D eigenvalue weighted by Gasteiger charge is 2.53. The smallest absolute Gasteiger partial charge is 0.334 e. The maximum Gasteiger partial charge on any atom is 0.334 e. The number of nitrogens with zero attached hydrogens (tertiary/aromatic N) is 1. The van der Waals surface area contributed by atoms with Crippen molar-refractivity contribution in [2.24, 2.45) is 0 Å². The molecule has 2 atom stereocenters. The van der Waals surface area contributed by atoms with E-state index >= 15 is 0 Å². The van der Waals surface area contributed by atoms with Crippen LogP contribution in [0.2, 0.25) is 0 Å². The van der Waals surface area contributed by atoms with Gasteiger partial charge in [0.1, 0.15) is 5.76 Å². The molecular formula is C7H6INO4. The van der Waals surface area contributed by atoms with E-state index in [1.165, 1.54) is 4.90 Å². The Labute approximate surface area is 87.5 Å². The van der Waals surface area contributed by atoms with Crippen LogP contribution in [-0.2, 0) is 14.3 Å². The van der Waals surface area contributed by atoms with Crippen LogP contribution in [0.15, 0.2) is 9.84 Å². The largest absolute Gasteiger partial charge is 0.479 e. The number of aliphatic carboxylic acids is 1. The van der Waals surface area contributed by atoms with E-state index in [-0.39, 0.29) is 18.6 Å². The van der Waals surface area contributed by atoms with Gasteiger partial charge in [-0.15, -0.1) is 0 Å². The van der Waals surface area contributed by atoms with Crippen LogP contribution in [0.5, 0.6) is 0 Å². The Balaban J connectivity index is 2.30. The minimum Gasteiger partial charge on any atom is -0.479 e. The Morgan fingerprint density at radius 1 is 1.77 bits per heavy atom. The number of β-lactam (4-membered cyclic amide) rings is 1. The fourth-order valence-corrected chi connectivity index (χ4v) is 1.98. The third-order valence-corrected chi connectivity index (χ3v) is 2.72. The van der Waals surface area contributed by atoms with E-state index in [4.69, 9.17) is 9.84 Å². The molecular weight excluding hydrogens is 289 g/mol. The van der Waals surface area contributed by atoms with Crippen molar-refractivity contribution < 1.29 is 19.4 Å². The van der Waals surface area contributed by atoms with Gasteiger partial charge in [-0.3, -0.25) is 9.69 Å². The number of fused-ring (bicyclic) bond motifs is 1. The number of hydrogen-bond acceptors (Lipinski definition) is 3. The van der Waals surface area contributed by atoms with E-state index in [2.05, 4.69) is 0 Å². The van der Waals surface area contributed by atoms with Crippen LogP contribution >= 0.6 is 22.6 Å². The summed E-state index contributed by atoms with van der Waals surface area (Å²) in [6, 6.07) is -0.914. The standard InChI is InChI=1S/C7H6INO4/c8-2-3-6(7(11)12)9-4(10)1-5(9)13-3/h2,5-6H,1H2,(H,11,12)/b3-2-. The number of ether oxygens (including phenoxy) is 1. The number of hydrogen-bond donors (Lipinski definition) is 1. The fraction of sp³-hybridized carbons (Fsp3) is 0.429. The van der Waals surface area contributed by atoms with E-state index in [1.807, 2.05) is 22.6 Å². The van der Waals surface area contributed by atoms with Crippen LogP contribution in [0.25, 0.3) is 0 Å². The van der Waals surface area contributed by atoms with Gasteiger partial charge >= 0.3 is 5.97 Å². The summed E-state index contributed by atoms with van der Waals surface area (Å²) in [7, 11) is 0. The van der Waals surface area contributed by atoms with Gasteiger partial charge in [0.25, 0.3) is 0 Å². The maximum atomic E-state index is 11.0. The predicted molar refractivity (Wildman–Crippen MR) is 49.9 cm³/mol. The van der Waals surface area contributed by atoms with Gasteiger partial charge in [-0.05, 0) is 22.6 Å². The zero-order valence-corrected chi connectivity index (χ0v) is 8.59. The van der Waals surface area contributed by atoms with E-state index in [1.54, 1.807) is 4.08 Å². The maximum absolute atomic E-state index is 11.0. The van der Waals surface area contributed by atoms with Crippen LogP contribution in [0.4, 0.5) is 0 Å². The Hall–Kier alpha value is -0.790. The van der Waals surface area contributed by atoms with E-state index in [9.17, 15) is 9.59 Å². The number of amides is 1.